The van der Waals surface area contributed by atoms with E-state index in [0.29, 0.717) is 5.78 Å². The van der Waals surface area contributed by atoms with E-state index in [2.05, 4.69) is 29.2 Å². The molecule has 0 amide bonds. The van der Waals surface area contributed by atoms with Crippen molar-refractivity contribution >= 4 is 5.78 Å². The molecule has 0 bridgehead atoms. The van der Waals surface area contributed by atoms with Gasteiger partial charge in [0.05, 0.1) is 5.54 Å². The van der Waals surface area contributed by atoms with Crippen molar-refractivity contribution in [3.8, 4) is 0 Å². The summed E-state index contributed by atoms with van der Waals surface area (Å²) < 4.78 is 0. The molecule has 17 heavy (non-hydrogen) atoms. The highest BCUT2D eigenvalue weighted by molar-refractivity contribution is 5.90. The van der Waals surface area contributed by atoms with Gasteiger partial charge in [0.2, 0.25) is 0 Å². The molecule has 1 heterocycles. The van der Waals surface area contributed by atoms with Crippen LogP contribution in [0.4, 0.5) is 0 Å². The van der Waals surface area contributed by atoms with Gasteiger partial charge in [-0.05, 0) is 37.8 Å². The van der Waals surface area contributed by atoms with Crippen molar-refractivity contribution in [2.24, 2.45) is 0 Å². The van der Waals surface area contributed by atoms with E-state index >= 15 is 0 Å². The Kier molecular flexibility index (Phi) is 2.75. The van der Waals surface area contributed by atoms with Crippen LogP contribution in [-0.2, 0) is 11.3 Å². The van der Waals surface area contributed by atoms with Gasteiger partial charge in [-0.3, -0.25) is 9.69 Å². The monoisotopic (exact) mass is 229 g/mol. The molecule has 1 aromatic rings. The van der Waals surface area contributed by atoms with Crippen molar-refractivity contribution in [2.45, 2.75) is 44.2 Å². The molecule has 2 nitrogen and oxygen atoms in total. The van der Waals surface area contributed by atoms with Gasteiger partial charge in [-0.2, -0.15) is 0 Å². The van der Waals surface area contributed by atoms with Gasteiger partial charge in [-0.25, -0.2) is 0 Å². The largest absolute Gasteiger partial charge is 0.298 e. The van der Waals surface area contributed by atoms with Crippen LogP contribution < -0.4 is 0 Å². The predicted molar refractivity (Wildman–Crippen MR) is 67.7 cm³/mol. The van der Waals surface area contributed by atoms with Gasteiger partial charge in [0.15, 0.2) is 5.78 Å². The number of carbonyl (C=O) groups excluding carboxylic acids is 1. The molecule has 1 aromatic carbocycles. The minimum absolute atomic E-state index is 0.0875. The van der Waals surface area contributed by atoms with E-state index < -0.39 is 0 Å². The number of rotatable bonds is 2. The van der Waals surface area contributed by atoms with E-state index in [0.717, 1.165) is 38.8 Å². The molecule has 0 N–H and O–H groups in total. The van der Waals surface area contributed by atoms with Crippen LogP contribution in [0, 0.1) is 0 Å². The summed E-state index contributed by atoms with van der Waals surface area (Å²) in [6.45, 7) is 2.02. The predicted octanol–water partition coefficient (Wildman–Crippen LogP) is 2.77. The Morgan fingerprint density at radius 1 is 1.12 bits per heavy atom. The molecule has 2 heteroatoms. The molecule has 90 valence electrons. The highest BCUT2D eigenvalue weighted by Gasteiger charge is 2.48. The van der Waals surface area contributed by atoms with Gasteiger partial charge in [-0.1, -0.05) is 30.3 Å². The van der Waals surface area contributed by atoms with Crippen LogP contribution in [0.3, 0.4) is 0 Å². The minimum Gasteiger partial charge on any atom is -0.298 e. The number of nitrogens with zero attached hydrogens (tertiary/aromatic N) is 1. The number of hydrogen-bond acceptors (Lipinski definition) is 2. The Bertz CT molecular complexity index is 410. The zero-order valence-corrected chi connectivity index (χ0v) is 10.2. The Hall–Kier alpha value is -1.15. The molecule has 1 unspecified atom stereocenters. The maximum Gasteiger partial charge on any atom is 0.153 e. The lowest BCUT2D eigenvalue weighted by atomic mass is 9.93. The molecular weight excluding hydrogens is 210 g/mol. The Labute approximate surface area is 103 Å². The summed E-state index contributed by atoms with van der Waals surface area (Å²) in [7, 11) is 0. The summed E-state index contributed by atoms with van der Waals surface area (Å²) >= 11 is 0. The lowest BCUT2D eigenvalue weighted by molar-refractivity contribution is -0.126. The third-order valence-corrected chi connectivity index (χ3v) is 4.35. The lowest BCUT2D eigenvalue weighted by Gasteiger charge is -2.33. The highest BCUT2D eigenvalue weighted by atomic mass is 16.1. The van der Waals surface area contributed by atoms with Gasteiger partial charge >= 0.3 is 0 Å². The molecule has 1 saturated heterocycles. The van der Waals surface area contributed by atoms with Crippen molar-refractivity contribution in [3.05, 3.63) is 35.9 Å². The van der Waals surface area contributed by atoms with Gasteiger partial charge in [0, 0.05) is 13.0 Å². The second-order valence-electron chi connectivity index (χ2n) is 5.32. The average molecular weight is 229 g/mol. The normalized spacial score (nSPS) is 29.3. The Morgan fingerprint density at radius 2 is 1.88 bits per heavy atom. The molecule has 1 aliphatic heterocycles. The first-order valence-electron chi connectivity index (χ1n) is 6.64. The Balaban J connectivity index is 1.81. The van der Waals surface area contributed by atoms with E-state index in [9.17, 15) is 4.79 Å². The summed E-state index contributed by atoms with van der Waals surface area (Å²) in [5, 5.41) is 0. The van der Waals surface area contributed by atoms with E-state index in [4.69, 9.17) is 0 Å². The van der Waals surface area contributed by atoms with Gasteiger partial charge in [0.25, 0.3) is 0 Å². The SMILES string of the molecule is O=C1CCCC12CCCN2Cc1ccccc1. The van der Waals surface area contributed by atoms with Gasteiger partial charge in [0.1, 0.15) is 0 Å². The third kappa shape index (κ3) is 1.81. The standard InChI is InChI=1S/C15H19NO/c17-14-8-4-9-15(14)10-5-11-16(15)12-13-6-2-1-3-7-13/h1-3,6-7H,4-5,8-12H2. The van der Waals surface area contributed by atoms with E-state index in [1.54, 1.807) is 0 Å². The Morgan fingerprint density at radius 3 is 2.59 bits per heavy atom. The number of hydrogen-bond donors (Lipinski definition) is 0. The van der Waals surface area contributed by atoms with Crippen LogP contribution in [0.5, 0.6) is 0 Å². The molecule has 2 aliphatic rings. The average Bonchev–Trinajstić information content (AvgIpc) is 2.91. The first-order valence-corrected chi connectivity index (χ1v) is 6.64. The molecule has 1 atom stereocenters. The lowest BCUT2D eigenvalue weighted by Crippen LogP contribution is -2.46. The van der Waals surface area contributed by atoms with E-state index in [-0.39, 0.29) is 5.54 Å². The van der Waals surface area contributed by atoms with E-state index in [1.165, 1.54) is 12.0 Å². The number of carbonyl (C=O) groups is 1. The van der Waals surface area contributed by atoms with Crippen LogP contribution in [0.25, 0.3) is 0 Å². The zero-order valence-electron chi connectivity index (χ0n) is 10.2. The topological polar surface area (TPSA) is 20.3 Å². The summed E-state index contributed by atoms with van der Waals surface area (Å²) in [6.07, 6.45) is 5.23. The number of likely N-dealkylation sites (tertiary alicyclic amines) is 1. The zero-order chi connectivity index (χ0) is 11.7. The first-order chi connectivity index (χ1) is 8.31. The molecular formula is C15H19NO. The fraction of sp³-hybridized carbons (Fsp3) is 0.533. The molecule has 2 fully saturated rings. The maximum atomic E-state index is 12.2. The van der Waals surface area contributed by atoms with Crippen molar-refractivity contribution in [3.63, 3.8) is 0 Å². The van der Waals surface area contributed by atoms with Crippen LogP contribution >= 0.6 is 0 Å². The number of benzene rings is 1. The van der Waals surface area contributed by atoms with Gasteiger partial charge < -0.3 is 0 Å². The molecule has 1 aliphatic carbocycles. The third-order valence-electron chi connectivity index (χ3n) is 4.35. The van der Waals surface area contributed by atoms with Crippen LogP contribution in [-0.4, -0.2) is 22.8 Å². The molecule has 1 spiro atoms. The highest BCUT2D eigenvalue weighted by Crippen LogP contribution is 2.41. The minimum atomic E-state index is -0.0875. The second kappa shape index (κ2) is 4.26. The van der Waals surface area contributed by atoms with Crippen LogP contribution in [0.2, 0.25) is 0 Å². The second-order valence-corrected chi connectivity index (χ2v) is 5.32. The van der Waals surface area contributed by atoms with Gasteiger partial charge in [-0.15, -0.1) is 0 Å². The number of ketones is 1. The molecule has 0 radical (unpaired) electrons. The first kappa shape index (κ1) is 11.0. The maximum absolute atomic E-state index is 12.2. The smallest absolute Gasteiger partial charge is 0.153 e. The summed E-state index contributed by atoms with van der Waals surface area (Å²) in [4.78, 5) is 14.6. The van der Waals surface area contributed by atoms with Crippen molar-refractivity contribution in [1.29, 1.82) is 0 Å². The van der Waals surface area contributed by atoms with Crippen molar-refractivity contribution in [2.75, 3.05) is 6.54 Å². The molecule has 0 aromatic heterocycles. The fourth-order valence-electron chi connectivity index (χ4n) is 3.48. The quantitative estimate of drug-likeness (QED) is 0.777. The summed E-state index contributed by atoms with van der Waals surface area (Å²) in [5.74, 6) is 0.492. The fourth-order valence-corrected chi connectivity index (χ4v) is 3.48. The van der Waals surface area contributed by atoms with Crippen LogP contribution in [0.15, 0.2) is 30.3 Å². The number of Topliss-reactive ketones (excluding diaryl/α,β-unsaturated/α-hetero) is 1. The van der Waals surface area contributed by atoms with E-state index in [1.807, 2.05) is 6.07 Å². The summed E-state index contributed by atoms with van der Waals surface area (Å²) in [5.41, 5.74) is 1.24. The van der Waals surface area contributed by atoms with Crippen molar-refractivity contribution < 1.29 is 4.79 Å². The summed E-state index contributed by atoms with van der Waals surface area (Å²) in [6, 6.07) is 10.5. The molecule has 3 rings (SSSR count). The van der Waals surface area contributed by atoms with Crippen LogP contribution in [0.1, 0.15) is 37.7 Å². The van der Waals surface area contributed by atoms with Crippen molar-refractivity contribution in [1.82, 2.24) is 4.90 Å². The molecule has 1 saturated carbocycles.